The van der Waals surface area contributed by atoms with Crippen molar-refractivity contribution in [1.82, 2.24) is 5.32 Å². The highest BCUT2D eigenvalue weighted by atomic mass is 79.9. The molecule has 0 fully saturated rings. The second kappa shape index (κ2) is 8.07. The van der Waals surface area contributed by atoms with E-state index in [2.05, 4.69) is 21.2 Å². The quantitative estimate of drug-likeness (QED) is 0.568. The number of carboxylic acids is 1. The van der Waals surface area contributed by atoms with Gasteiger partial charge in [0.05, 0.1) is 0 Å². The van der Waals surface area contributed by atoms with Crippen LogP contribution >= 0.6 is 15.9 Å². The normalized spacial score (nSPS) is 12.1. The molecule has 0 amide bonds. The molecule has 0 saturated carbocycles. The Bertz CT molecular complexity index is 448. The van der Waals surface area contributed by atoms with Crippen LogP contribution in [0.5, 0.6) is 0 Å². The largest absolute Gasteiger partial charge is 0.481 e. The maximum atomic E-state index is 11.1. The first-order valence-corrected chi connectivity index (χ1v) is 7.07. The van der Waals surface area contributed by atoms with Gasteiger partial charge in [0.1, 0.15) is 6.29 Å². The summed E-state index contributed by atoms with van der Waals surface area (Å²) >= 11 is 3.34. The van der Waals surface area contributed by atoms with Gasteiger partial charge in [-0.3, -0.25) is 9.59 Å². The van der Waals surface area contributed by atoms with Crippen molar-refractivity contribution in [2.45, 2.75) is 32.2 Å². The van der Waals surface area contributed by atoms with Crippen molar-refractivity contribution in [3.63, 3.8) is 0 Å². The summed E-state index contributed by atoms with van der Waals surface area (Å²) in [5.74, 6) is -0.785. The van der Waals surface area contributed by atoms with Gasteiger partial charge < -0.3 is 10.4 Å². The van der Waals surface area contributed by atoms with Crippen LogP contribution in [0.2, 0.25) is 0 Å². The first-order chi connectivity index (χ1) is 9.08. The molecule has 0 aliphatic carbocycles. The summed E-state index contributed by atoms with van der Waals surface area (Å²) in [7, 11) is 0. The third-order valence-corrected chi connectivity index (χ3v) is 3.41. The van der Waals surface area contributed by atoms with Gasteiger partial charge in [0.2, 0.25) is 0 Å². The van der Waals surface area contributed by atoms with Gasteiger partial charge in [-0.15, -0.1) is 0 Å². The molecule has 0 bridgehead atoms. The fourth-order valence-electron chi connectivity index (χ4n) is 1.96. The highest BCUT2D eigenvalue weighted by Crippen LogP contribution is 2.23. The zero-order chi connectivity index (χ0) is 14.3. The van der Waals surface area contributed by atoms with E-state index in [0.717, 1.165) is 22.7 Å². The molecule has 0 aromatic heterocycles. The number of hydrogen-bond donors (Lipinski definition) is 2. The number of benzene rings is 1. The Morgan fingerprint density at radius 2 is 2.26 bits per heavy atom. The molecule has 0 aliphatic heterocycles. The van der Waals surface area contributed by atoms with E-state index in [1.54, 1.807) is 6.07 Å². The van der Waals surface area contributed by atoms with Gasteiger partial charge in [0.25, 0.3) is 0 Å². The van der Waals surface area contributed by atoms with Crippen molar-refractivity contribution in [2.24, 2.45) is 0 Å². The predicted molar refractivity (Wildman–Crippen MR) is 77.4 cm³/mol. The fourth-order valence-corrected chi connectivity index (χ4v) is 2.33. The Morgan fingerprint density at radius 1 is 1.53 bits per heavy atom. The Morgan fingerprint density at radius 3 is 2.84 bits per heavy atom. The Balaban J connectivity index is 2.68. The van der Waals surface area contributed by atoms with Crippen molar-refractivity contribution in [2.75, 3.05) is 6.54 Å². The van der Waals surface area contributed by atoms with Crippen molar-refractivity contribution in [1.29, 1.82) is 0 Å². The summed E-state index contributed by atoms with van der Waals surface area (Å²) in [5.41, 5.74) is 1.61. The van der Waals surface area contributed by atoms with Crippen LogP contribution in [0.1, 0.15) is 48.1 Å². The molecule has 1 aromatic rings. The molecular weight excluding hydrogens is 310 g/mol. The van der Waals surface area contributed by atoms with Crippen LogP contribution in [-0.2, 0) is 4.79 Å². The van der Waals surface area contributed by atoms with Gasteiger partial charge in [-0.1, -0.05) is 28.9 Å². The first-order valence-electron chi connectivity index (χ1n) is 6.28. The van der Waals surface area contributed by atoms with Gasteiger partial charge in [-0.25, -0.2) is 0 Å². The average molecular weight is 328 g/mol. The van der Waals surface area contributed by atoms with E-state index >= 15 is 0 Å². The SMILES string of the molecule is CCC(NCCCC(=O)O)c1ccc(Br)cc1C=O. The zero-order valence-corrected chi connectivity index (χ0v) is 12.4. The van der Waals surface area contributed by atoms with Gasteiger partial charge in [-0.2, -0.15) is 0 Å². The average Bonchev–Trinajstić information content (AvgIpc) is 2.39. The van der Waals surface area contributed by atoms with Crippen LogP contribution in [0.25, 0.3) is 0 Å². The molecule has 0 spiro atoms. The maximum absolute atomic E-state index is 11.1. The summed E-state index contributed by atoms with van der Waals surface area (Å²) in [4.78, 5) is 21.5. The smallest absolute Gasteiger partial charge is 0.303 e. The minimum atomic E-state index is -0.785. The van der Waals surface area contributed by atoms with E-state index in [1.165, 1.54) is 0 Å². The molecule has 0 radical (unpaired) electrons. The molecule has 1 unspecified atom stereocenters. The number of hydrogen-bond acceptors (Lipinski definition) is 3. The van der Waals surface area contributed by atoms with Crippen LogP contribution < -0.4 is 5.32 Å². The van der Waals surface area contributed by atoms with Crippen LogP contribution in [0.4, 0.5) is 0 Å². The molecule has 104 valence electrons. The number of carbonyl (C=O) groups excluding carboxylic acids is 1. The highest BCUT2D eigenvalue weighted by molar-refractivity contribution is 9.10. The third-order valence-electron chi connectivity index (χ3n) is 2.92. The van der Waals surface area contributed by atoms with E-state index in [9.17, 15) is 9.59 Å². The van der Waals surface area contributed by atoms with Gasteiger partial charge in [-0.05, 0) is 37.1 Å². The number of carbonyl (C=O) groups is 2. The Kier molecular flexibility index (Phi) is 6.73. The third kappa shape index (κ3) is 5.12. The molecule has 1 atom stereocenters. The van der Waals surface area contributed by atoms with Gasteiger partial charge in [0, 0.05) is 22.5 Å². The minimum absolute atomic E-state index is 0.0714. The number of rotatable bonds is 8. The highest BCUT2D eigenvalue weighted by Gasteiger charge is 2.13. The lowest BCUT2D eigenvalue weighted by Crippen LogP contribution is -2.23. The van der Waals surface area contributed by atoms with Gasteiger partial charge in [0.15, 0.2) is 0 Å². The molecule has 5 heteroatoms. The molecule has 1 aromatic carbocycles. The second-order valence-electron chi connectivity index (χ2n) is 4.30. The molecule has 0 aliphatic rings. The minimum Gasteiger partial charge on any atom is -0.481 e. The van der Waals surface area contributed by atoms with Crippen molar-refractivity contribution in [3.05, 3.63) is 33.8 Å². The first kappa shape index (κ1) is 15.9. The van der Waals surface area contributed by atoms with Gasteiger partial charge >= 0.3 is 5.97 Å². The lowest BCUT2D eigenvalue weighted by molar-refractivity contribution is -0.137. The molecule has 0 saturated heterocycles. The van der Waals surface area contributed by atoms with Crippen LogP contribution in [0.3, 0.4) is 0 Å². The lowest BCUT2D eigenvalue weighted by Gasteiger charge is -2.19. The van der Waals surface area contributed by atoms with Crippen LogP contribution in [0, 0.1) is 0 Å². The number of nitrogens with one attached hydrogen (secondary N) is 1. The second-order valence-corrected chi connectivity index (χ2v) is 5.22. The molecule has 19 heavy (non-hydrogen) atoms. The summed E-state index contributed by atoms with van der Waals surface area (Å²) in [6.07, 6.45) is 2.43. The Labute approximate surface area is 121 Å². The van der Waals surface area contributed by atoms with E-state index < -0.39 is 5.97 Å². The maximum Gasteiger partial charge on any atom is 0.303 e. The number of carboxylic acid groups (broad SMARTS) is 1. The van der Waals surface area contributed by atoms with E-state index in [-0.39, 0.29) is 12.5 Å². The molecule has 1 rings (SSSR count). The molecule has 0 heterocycles. The number of aliphatic carboxylic acids is 1. The van der Waals surface area contributed by atoms with E-state index in [1.807, 2.05) is 19.1 Å². The fraction of sp³-hybridized carbons (Fsp3) is 0.429. The van der Waals surface area contributed by atoms with Crippen molar-refractivity contribution in [3.8, 4) is 0 Å². The van der Waals surface area contributed by atoms with Crippen molar-refractivity contribution < 1.29 is 14.7 Å². The van der Waals surface area contributed by atoms with E-state index in [4.69, 9.17) is 5.11 Å². The van der Waals surface area contributed by atoms with Crippen LogP contribution in [-0.4, -0.2) is 23.9 Å². The topological polar surface area (TPSA) is 66.4 Å². The predicted octanol–water partition coefficient (Wildman–Crippen LogP) is 3.17. The van der Waals surface area contributed by atoms with Crippen molar-refractivity contribution >= 4 is 28.2 Å². The monoisotopic (exact) mass is 327 g/mol. The molecular formula is C14H18BrNO3. The molecule has 2 N–H and O–H groups in total. The number of halogens is 1. The summed E-state index contributed by atoms with van der Waals surface area (Å²) < 4.78 is 0.874. The summed E-state index contributed by atoms with van der Waals surface area (Å²) in [6, 6.07) is 5.70. The summed E-state index contributed by atoms with van der Waals surface area (Å²) in [6.45, 7) is 2.66. The number of aldehydes is 1. The standard InChI is InChI=1S/C14H18BrNO3/c1-2-13(16-7-3-4-14(18)19)12-6-5-11(15)8-10(12)9-17/h5-6,8-9,13,16H,2-4,7H2,1H3,(H,18,19). The Hall–Kier alpha value is -1.20. The lowest BCUT2D eigenvalue weighted by atomic mass is 9.99. The van der Waals surface area contributed by atoms with E-state index in [0.29, 0.717) is 18.5 Å². The zero-order valence-electron chi connectivity index (χ0n) is 10.9. The summed E-state index contributed by atoms with van der Waals surface area (Å²) in [5, 5.41) is 11.9. The molecule has 4 nitrogen and oxygen atoms in total. The van der Waals surface area contributed by atoms with Crippen LogP contribution in [0.15, 0.2) is 22.7 Å².